The Morgan fingerprint density at radius 3 is 2.39 bits per heavy atom. The highest BCUT2D eigenvalue weighted by Gasteiger charge is 2.30. The number of rotatable bonds is 12. The summed E-state index contributed by atoms with van der Waals surface area (Å²) in [6.07, 6.45) is 6.08. The minimum absolute atomic E-state index is 0.0349. The molecule has 3 aromatic heterocycles. The molecule has 1 aliphatic rings. The van der Waals surface area contributed by atoms with Gasteiger partial charge in [0, 0.05) is 73.9 Å². The number of aromatic nitrogens is 7. The van der Waals surface area contributed by atoms with Crippen molar-refractivity contribution in [3.05, 3.63) is 88.4 Å². The Bertz CT molecular complexity index is 2160. The van der Waals surface area contributed by atoms with Crippen LogP contribution in [0.2, 0.25) is 5.02 Å². The average Bonchev–Trinajstić information content (AvgIpc) is 3.90. The molecule has 2 aromatic carbocycles. The van der Waals surface area contributed by atoms with Crippen LogP contribution in [-0.4, -0.2) is 114 Å². The first-order valence-electron chi connectivity index (χ1n) is 17.6. The third kappa shape index (κ3) is 8.04. The maximum Gasteiger partial charge on any atom is 0.291 e. The molecule has 0 radical (unpaired) electrons. The smallest absolute Gasteiger partial charge is 0.291 e. The van der Waals surface area contributed by atoms with Gasteiger partial charge in [-0.2, -0.15) is 5.10 Å². The number of nitrogens with zero attached hydrogens (tertiary/aromatic N) is 9. The van der Waals surface area contributed by atoms with Gasteiger partial charge in [-0.25, -0.2) is 13.8 Å². The summed E-state index contributed by atoms with van der Waals surface area (Å²) >= 11 is 6.54. The molecule has 1 fully saturated rings. The van der Waals surface area contributed by atoms with Gasteiger partial charge in [0.15, 0.2) is 17.5 Å². The monoisotopic (exact) mass is 761 g/mol. The van der Waals surface area contributed by atoms with E-state index in [0.717, 1.165) is 19.4 Å². The van der Waals surface area contributed by atoms with Crippen molar-refractivity contribution < 1.29 is 23.2 Å². The molecule has 284 valence electrons. The van der Waals surface area contributed by atoms with Crippen molar-refractivity contribution in [3.63, 3.8) is 0 Å². The quantitative estimate of drug-likeness (QED) is 0.183. The Morgan fingerprint density at radius 1 is 1.02 bits per heavy atom. The Balaban J connectivity index is 1.09. The van der Waals surface area contributed by atoms with Crippen molar-refractivity contribution in [1.82, 2.24) is 49.4 Å². The van der Waals surface area contributed by atoms with Crippen LogP contribution in [0.3, 0.4) is 0 Å². The molecule has 1 atom stereocenters. The van der Waals surface area contributed by atoms with Crippen LogP contribution in [0.1, 0.15) is 52.1 Å². The molecule has 0 aliphatic carbocycles. The van der Waals surface area contributed by atoms with Crippen molar-refractivity contribution in [2.24, 2.45) is 13.0 Å². The molecule has 0 saturated carbocycles. The number of hydrogen-bond acceptors (Lipinski definition) is 8. The van der Waals surface area contributed by atoms with Gasteiger partial charge in [-0.05, 0) is 64.7 Å². The zero-order chi connectivity index (χ0) is 38.7. The highest BCUT2D eigenvalue weighted by molar-refractivity contribution is 6.34. The number of piperazine rings is 1. The Kier molecular flexibility index (Phi) is 11.5. The summed E-state index contributed by atoms with van der Waals surface area (Å²) in [5.41, 5.74) is 2.27. The van der Waals surface area contributed by atoms with Gasteiger partial charge in [-0.3, -0.25) is 24.2 Å². The molecule has 6 rings (SSSR count). The van der Waals surface area contributed by atoms with Gasteiger partial charge in [0.1, 0.15) is 5.69 Å². The topological polar surface area (TPSA) is 150 Å². The van der Waals surface area contributed by atoms with E-state index < -0.39 is 17.5 Å². The number of H-pyrrole nitrogens is 1. The maximum absolute atomic E-state index is 15.6. The number of amides is 3. The van der Waals surface area contributed by atoms with Gasteiger partial charge in [-0.15, -0.1) is 5.10 Å². The fourth-order valence-corrected chi connectivity index (χ4v) is 6.85. The highest BCUT2D eigenvalue weighted by Crippen LogP contribution is 2.33. The van der Waals surface area contributed by atoms with Crippen molar-refractivity contribution in [1.29, 1.82) is 0 Å². The number of hydrogen-bond donors (Lipinski definition) is 2. The number of halogens is 3. The van der Waals surface area contributed by atoms with Gasteiger partial charge in [0.25, 0.3) is 11.8 Å². The molecule has 1 unspecified atom stereocenters. The second-order valence-electron chi connectivity index (χ2n) is 13.6. The van der Waals surface area contributed by atoms with E-state index in [0.29, 0.717) is 55.4 Å². The van der Waals surface area contributed by atoms with E-state index in [1.54, 1.807) is 35.0 Å². The fraction of sp³-hybridized carbons (Fsp3) is 0.378. The molecule has 14 nitrogen and oxygen atoms in total. The first-order chi connectivity index (χ1) is 25.9. The second-order valence-corrected chi connectivity index (χ2v) is 14.0. The van der Waals surface area contributed by atoms with Gasteiger partial charge in [0.05, 0.1) is 34.7 Å². The van der Waals surface area contributed by atoms with E-state index in [2.05, 4.69) is 35.7 Å². The third-order valence-corrected chi connectivity index (χ3v) is 9.99. The molecule has 3 amide bonds. The lowest BCUT2D eigenvalue weighted by atomic mass is 10.00. The lowest BCUT2D eigenvalue weighted by molar-refractivity contribution is -0.137. The van der Waals surface area contributed by atoms with Gasteiger partial charge in [0.2, 0.25) is 5.91 Å². The molecular formula is C37H42ClF2N11O3. The number of aromatic amines is 1. The number of carbonyl (C=O) groups excluding carboxylic acids is 3. The van der Waals surface area contributed by atoms with Gasteiger partial charge in [-0.1, -0.05) is 29.8 Å². The number of anilines is 1. The van der Waals surface area contributed by atoms with Crippen LogP contribution in [0.15, 0.2) is 48.9 Å². The van der Waals surface area contributed by atoms with E-state index in [-0.39, 0.29) is 51.0 Å². The number of carbonyl (C=O) groups is 3. The summed E-state index contributed by atoms with van der Waals surface area (Å²) in [5.74, 6) is -3.05. The first kappa shape index (κ1) is 38.3. The summed E-state index contributed by atoms with van der Waals surface area (Å²) in [6.45, 7) is 6.50. The molecule has 1 aliphatic heterocycles. The molecule has 5 aromatic rings. The molecule has 4 heterocycles. The van der Waals surface area contributed by atoms with Crippen LogP contribution in [0, 0.1) is 24.5 Å². The normalized spacial score (nSPS) is 13.8. The minimum Gasteiger partial charge on any atom is -0.339 e. The number of nitrogens with one attached hydrogen (secondary N) is 2. The van der Waals surface area contributed by atoms with Crippen LogP contribution in [0.5, 0.6) is 0 Å². The lowest BCUT2D eigenvalue weighted by Gasteiger charge is -2.36. The van der Waals surface area contributed by atoms with Crippen LogP contribution >= 0.6 is 11.6 Å². The average molecular weight is 762 g/mol. The largest absolute Gasteiger partial charge is 0.339 e. The minimum atomic E-state index is -1.10. The summed E-state index contributed by atoms with van der Waals surface area (Å²) in [6, 6.07) is 7.46. The van der Waals surface area contributed by atoms with Gasteiger partial charge >= 0.3 is 0 Å². The Morgan fingerprint density at radius 2 is 1.72 bits per heavy atom. The molecule has 2 N–H and O–H groups in total. The predicted molar refractivity (Wildman–Crippen MR) is 199 cm³/mol. The van der Waals surface area contributed by atoms with Crippen LogP contribution in [0.25, 0.3) is 22.4 Å². The summed E-state index contributed by atoms with van der Waals surface area (Å²) < 4.78 is 34.1. The van der Waals surface area contributed by atoms with Crippen molar-refractivity contribution in [2.45, 2.75) is 33.2 Å². The molecular weight excluding hydrogens is 720 g/mol. The SMILES string of the molecule is CCC(CCN(C)C)C(=O)N1CCN(C(=O)c2ccc(NC(=O)c3ncc(-c4ccc(-c5cn(Cc6c[nH]nn6)nc5C)c(F)c4F)n3C)cc2Cl)CC1. The van der Waals surface area contributed by atoms with E-state index >= 15 is 8.78 Å². The lowest BCUT2D eigenvalue weighted by Crippen LogP contribution is -2.52. The number of imidazole rings is 1. The second kappa shape index (κ2) is 16.3. The van der Waals surface area contributed by atoms with Crippen molar-refractivity contribution >= 4 is 35.0 Å². The number of aryl methyl sites for hydroxylation is 1. The van der Waals surface area contributed by atoms with E-state index in [1.165, 1.54) is 42.1 Å². The summed E-state index contributed by atoms with van der Waals surface area (Å²) in [5, 5.41) is 17.5. The zero-order valence-corrected chi connectivity index (χ0v) is 31.5. The highest BCUT2D eigenvalue weighted by atomic mass is 35.5. The Hall–Kier alpha value is -5.48. The van der Waals surface area contributed by atoms with Crippen molar-refractivity contribution in [3.8, 4) is 22.4 Å². The molecule has 0 spiro atoms. The predicted octanol–water partition coefficient (Wildman–Crippen LogP) is 4.87. The van der Waals surface area contributed by atoms with E-state index in [4.69, 9.17) is 11.6 Å². The van der Waals surface area contributed by atoms with Gasteiger partial charge < -0.3 is 24.6 Å². The zero-order valence-electron chi connectivity index (χ0n) is 30.7. The van der Waals surface area contributed by atoms with Crippen LogP contribution in [-0.2, 0) is 18.4 Å². The van der Waals surface area contributed by atoms with E-state index in [9.17, 15) is 14.4 Å². The maximum atomic E-state index is 15.6. The van der Waals surface area contributed by atoms with E-state index in [1.807, 2.05) is 25.9 Å². The fourth-order valence-electron chi connectivity index (χ4n) is 6.59. The van der Waals surface area contributed by atoms with Crippen LogP contribution in [0.4, 0.5) is 14.5 Å². The number of benzene rings is 2. The van der Waals surface area contributed by atoms with Crippen LogP contribution < -0.4 is 5.32 Å². The summed E-state index contributed by atoms with van der Waals surface area (Å²) in [7, 11) is 5.50. The molecule has 1 saturated heterocycles. The first-order valence-corrected chi connectivity index (χ1v) is 18.0. The Labute approximate surface area is 316 Å². The molecule has 0 bridgehead atoms. The molecule has 17 heteroatoms. The third-order valence-electron chi connectivity index (χ3n) is 9.68. The standard InChI is InChI=1S/C37H42ClF2N11O3/c1-6-23(11-12-47(3)4)36(53)49-13-15-50(16-14-49)37(54)27-8-7-24(17-30(27)38)43-35(52)34-41-19-31(48(34)5)28-10-9-26(32(39)33(28)40)29-21-51(45-22(29)2)20-25-18-42-46-44-25/h7-10,17-19,21,23H,6,11-16,20H2,1-5H3,(H,43,52)(H,42,44,46). The molecule has 54 heavy (non-hydrogen) atoms. The van der Waals surface area contributed by atoms with Crippen molar-refractivity contribution in [2.75, 3.05) is 52.1 Å². The summed E-state index contributed by atoms with van der Waals surface area (Å²) in [4.78, 5) is 49.6.